The van der Waals surface area contributed by atoms with Crippen LogP contribution in [0.5, 0.6) is 0 Å². The van der Waals surface area contributed by atoms with Gasteiger partial charge in [0.05, 0.1) is 11.9 Å². The topological polar surface area (TPSA) is 84.2 Å². The number of amides is 1. The molecular weight excluding hydrogens is 210 g/mol. The van der Waals surface area contributed by atoms with Crippen LogP contribution in [-0.4, -0.2) is 26.8 Å². The predicted octanol–water partition coefficient (Wildman–Crippen LogP) is 1.73. The Labute approximate surface area is 93.3 Å². The second-order valence-corrected chi connectivity index (χ2v) is 3.58. The van der Waals surface area contributed by atoms with E-state index in [1.807, 2.05) is 0 Å². The molecule has 0 radical (unpaired) electrons. The van der Waals surface area contributed by atoms with Gasteiger partial charge in [0.1, 0.15) is 5.78 Å². The van der Waals surface area contributed by atoms with Crippen LogP contribution < -0.4 is 5.32 Å². The van der Waals surface area contributed by atoms with Crippen molar-refractivity contribution in [2.75, 3.05) is 5.32 Å². The van der Waals surface area contributed by atoms with E-state index < -0.39 is 6.09 Å². The smallest absolute Gasteiger partial charge is 0.409 e. The first kappa shape index (κ1) is 12.2. The molecule has 0 spiro atoms. The molecule has 0 saturated carbocycles. The standard InChI is InChI=1S/C10H15N3O3/c1-8(14)4-2-3-5-13-7-9(6-11-13)12-10(15)16/h6-7,12H,2-5H2,1H3,(H,15,16). The number of Topliss-reactive ketones (excluding diaryl/α,β-unsaturated/α-hetero) is 1. The number of nitrogens with one attached hydrogen (secondary N) is 1. The number of unbranched alkanes of at least 4 members (excludes halogenated alkanes) is 1. The number of carbonyl (C=O) groups is 2. The van der Waals surface area contributed by atoms with Crippen LogP contribution in [0, 0.1) is 0 Å². The zero-order valence-corrected chi connectivity index (χ0v) is 9.14. The van der Waals surface area contributed by atoms with E-state index >= 15 is 0 Å². The van der Waals surface area contributed by atoms with Crippen LogP contribution in [0.4, 0.5) is 10.5 Å². The molecule has 6 nitrogen and oxygen atoms in total. The third kappa shape index (κ3) is 4.59. The van der Waals surface area contributed by atoms with Gasteiger partial charge in [0.15, 0.2) is 0 Å². The van der Waals surface area contributed by atoms with Crippen molar-refractivity contribution < 1.29 is 14.7 Å². The molecule has 1 amide bonds. The van der Waals surface area contributed by atoms with Crippen LogP contribution in [-0.2, 0) is 11.3 Å². The Morgan fingerprint density at radius 2 is 2.25 bits per heavy atom. The molecule has 0 aliphatic carbocycles. The Balaban J connectivity index is 2.29. The summed E-state index contributed by atoms with van der Waals surface area (Å²) in [6.45, 7) is 2.26. The molecule has 1 aromatic rings. The highest BCUT2D eigenvalue weighted by Gasteiger charge is 2.01. The summed E-state index contributed by atoms with van der Waals surface area (Å²) < 4.78 is 1.66. The zero-order valence-electron chi connectivity index (χ0n) is 9.14. The van der Waals surface area contributed by atoms with E-state index in [0.717, 1.165) is 12.8 Å². The molecule has 16 heavy (non-hydrogen) atoms. The summed E-state index contributed by atoms with van der Waals surface area (Å²) in [5, 5.41) is 14.7. The van der Waals surface area contributed by atoms with Gasteiger partial charge in [-0.3, -0.25) is 10.00 Å². The SMILES string of the molecule is CC(=O)CCCCn1cc(NC(=O)O)cn1. The van der Waals surface area contributed by atoms with Crippen molar-refractivity contribution in [3.05, 3.63) is 12.4 Å². The fourth-order valence-electron chi connectivity index (χ4n) is 1.32. The van der Waals surface area contributed by atoms with Gasteiger partial charge in [-0.2, -0.15) is 5.10 Å². The minimum absolute atomic E-state index is 0.189. The van der Waals surface area contributed by atoms with E-state index in [1.54, 1.807) is 17.8 Å². The summed E-state index contributed by atoms with van der Waals surface area (Å²) in [4.78, 5) is 21.0. The molecule has 88 valence electrons. The number of anilines is 1. The molecule has 0 saturated heterocycles. The number of aromatic nitrogens is 2. The van der Waals surface area contributed by atoms with E-state index in [4.69, 9.17) is 5.11 Å². The molecule has 1 heterocycles. The largest absolute Gasteiger partial charge is 0.465 e. The highest BCUT2D eigenvalue weighted by Crippen LogP contribution is 2.06. The quantitative estimate of drug-likeness (QED) is 0.722. The van der Waals surface area contributed by atoms with Crippen LogP contribution in [0.15, 0.2) is 12.4 Å². The average Bonchev–Trinajstić information content (AvgIpc) is 2.59. The number of rotatable bonds is 6. The van der Waals surface area contributed by atoms with Gasteiger partial charge in [0.2, 0.25) is 0 Å². The van der Waals surface area contributed by atoms with Crippen molar-refractivity contribution >= 4 is 17.6 Å². The first-order valence-corrected chi connectivity index (χ1v) is 5.10. The van der Waals surface area contributed by atoms with Crippen molar-refractivity contribution in [3.8, 4) is 0 Å². The van der Waals surface area contributed by atoms with Gasteiger partial charge in [0, 0.05) is 19.2 Å². The first-order chi connectivity index (χ1) is 7.58. The summed E-state index contributed by atoms with van der Waals surface area (Å²) in [6, 6.07) is 0. The second kappa shape index (κ2) is 5.89. The second-order valence-electron chi connectivity index (χ2n) is 3.58. The Bertz CT molecular complexity index is 373. The van der Waals surface area contributed by atoms with Gasteiger partial charge >= 0.3 is 6.09 Å². The third-order valence-electron chi connectivity index (χ3n) is 2.05. The maximum atomic E-state index is 10.7. The molecule has 0 fully saturated rings. The lowest BCUT2D eigenvalue weighted by molar-refractivity contribution is -0.117. The van der Waals surface area contributed by atoms with Crippen molar-refractivity contribution in [2.45, 2.75) is 32.7 Å². The molecule has 0 aliphatic heterocycles. The van der Waals surface area contributed by atoms with Crippen molar-refractivity contribution in [3.63, 3.8) is 0 Å². The Kier molecular flexibility index (Phi) is 4.50. The van der Waals surface area contributed by atoms with E-state index in [-0.39, 0.29) is 5.78 Å². The molecule has 6 heteroatoms. The van der Waals surface area contributed by atoms with Crippen molar-refractivity contribution in [1.29, 1.82) is 0 Å². The lowest BCUT2D eigenvalue weighted by atomic mass is 10.2. The van der Waals surface area contributed by atoms with Gasteiger partial charge in [-0.25, -0.2) is 4.79 Å². The number of aryl methyl sites for hydroxylation is 1. The number of hydrogen-bond acceptors (Lipinski definition) is 3. The molecular formula is C10H15N3O3. The van der Waals surface area contributed by atoms with Gasteiger partial charge in [0.25, 0.3) is 0 Å². The zero-order chi connectivity index (χ0) is 12.0. The Hall–Kier alpha value is -1.85. The lowest BCUT2D eigenvalue weighted by Crippen LogP contribution is -2.06. The van der Waals surface area contributed by atoms with E-state index in [2.05, 4.69) is 10.4 Å². The highest BCUT2D eigenvalue weighted by molar-refractivity contribution is 5.82. The van der Waals surface area contributed by atoms with Crippen molar-refractivity contribution in [1.82, 2.24) is 9.78 Å². The molecule has 2 N–H and O–H groups in total. The van der Waals surface area contributed by atoms with Gasteiger partial charge in [-0.05, 0) is 19.8 Å². The van der Waals surface area contributed by atoms with Crippen LogP contribution in [0.25, 0.3) is 0 Å². The van der Waals surface area contributed by atoms with Crippen molar-refractivity contribution in [2.24, 2.45) is 0 Å². The third-order valence-corrected chi connectivity index (χ3v) is 2.05. The molecule has 1 rings (SSSR count). The summed E-state index contributed by atoms with van der Waals surface area (Å²) in [6.07, 6.45) is 4.25. The van der Waals surface area contributed by atoms with E-state index in [1.165, 1.54) is 6.20 Å². The van der Waals surface area contributed by atoms with Gasteiger partial charge in [-0.1, -0.05) is 0 Å². The van der Waals surface area contributed by atoms with Gasteiger partial charge in [-0.15, -0.1) is 0 Å². The molecule has 0 bridgehead atoms. The Morgan fingerprint density at radius 3 is 2.88 bits per heavy atom. The monoisotopic (exact) mass is 225 g/mol. The highest BCUT2D eigenvalue weighted by atomic mass is 16.4. The van der Waals surface area contributed by atoms with Crippen LogP contribution in [0.1, 0.15) is 26.2 Å². The maximum absolute atomic E-state index is 10.7. The van der Waals surface area contributed by atoms with Gasteiger partial charge < -0.3 is 9.90 Å². The number of ketones is 1. The molecule has 1 aromatic heterocycles. The van der Waals surface area contributed by atoms with Crippen LogP contribution in [0.2, 0.25) is 0 Å². The van der Waals surface area contributed by atoms with Crippen LogP contribution >= 0.6 is 0 Å². The summed E-state index contributed by atoms with van der Waals surface area (Å²) >= 11 is 0. The number of carbonyl (C=O) groups excluding carboxylic acids is 1. The summed E-state index contributed by atoms with van der Waals surface area (Å²) in [5.74, 6) is 0.189. The summed E-state index contributed by atoms with van der Waals surface area (Å²) in [7, 11) is 0. The minimum Gasteiger partial charge on any atom is -0.465 e. The molecule has 0 aromatic carbocycles. The normalized spacial score (nSPS) is 10.1. The van der Waals surface area contributed by atoms with Crippen LogP contribution in [0.3, 0.4) is 0 Å². The minimum atomic E-state index is -1.10. The first-order valence-electron chi connectivity index (χ1n) is 5.10. The number of nitrogens with zero attached hydrogens (tertiary/aromatic N) is 2. The molecule has 0 atom stereocenters. The molecule has 0 unspecified atom stereocenters. The predicted molar refractivity (Wildman–Crippen MR) is 58.4 cm³/mol. The summed E-state index contributed by atoms with van der Waals surface area (Å²) in [5.41, 5.74) is 0.457. The fraction of sp³-hybridized carbons (Fsp3) is 0.500. The lowest BCUT2D eigenvalue weighted by Gasteiger charge is -1.99. The van der Waals surface area contributed by atoms with E-state index in [9.17, 15) is 9.59 Å². The Morgan fingerprint density at radius 1 is 1.50 bits per heavy atom. The maximum Gasteiger partial charge on any atom is 0.409 e. The van der Waals surface area contributed by atoms with E-state index in [0.29, 0.717) is 18.7 Å². The number of hydrogen-bond donors (Lipinski definition) is 2. The fourth-order valence-corrected chi connectivity index (χ4v) is 1.32. The number of carboxylic acid groups (broad SMARTS) is 1. The molecule has 0 aliphatic rings. The average molecular weight is 225 g/mol.